The quantitative estimate of drug-likeness (QED) is 0.188. The zero-order valence-electron chi connectivity index (χ0n) is 27.4. The van der Waals surface area contributed by atoms with Crippen molar-refractivity contribution in [2.24, 2.45) is 0 Å². The van der Waals surface area contributed by atoms with E-state index >= 15 is 0 Å². The predicted molar refractivity (Wildman–Crippen MR) is 175 cm³/mol. The molecule has 2 aliphatic rings. The minimum atomic E-state index is -0.425. The molecule has 46 heavy (non-hydrogen) atoms. The monoisotopic (exact) mass is 634 g/mol. The highest BCUT2D eigenvalue weighted by Gasteiger charge is 2.39. The van der Waals surface area contributed by atoms with Gasteiger partial charge in [-0.15, -0.1) is 0 Å². The van der Waals surface area contributed by atoms with Gasteiger partial charge in [0.05, 0.1) is 0 Å². The number of hydrogen-bond acceptors (Lipinski definition) is 8. The summed E-state index contributed by atoms with van der Waals surface area (Å²) in [5, 5.41) is 6.47. The van der Waals surface area contributed by atoms with Crippen LogP contribution < -0.4 is 10.6 Å². The van der Waals surface area contributed by atoms with E-state index in [1.165, 1.54) is 9.80 Å². The molecule has 2 N–H and O–H groups in total. The number of carbonyl (C=O) groups excluding carboxylic acids is 6. The fraction of sp³-hybridized carbons (Fsp3) is 0.529. The van der Waals surface area contributed by atoms with Crippen molar-refractivity contribution in [2.75, 3.05) is 66.5 Å². The van der Waals surface area contributed by atoms with Gasteiger partial charge in [0.2, 0.25) is 11.8 Å². The zero-order valence-corrected chi connectivity index (χ0v) is 27.4. The summed E-state index contributed by atoms with van der Waals surface area (Å²) in [7, 11) is 3.93. The van der Waals surface area contributed by atoms with Crippen LogP contribution >= 0.6 is 0 Å². The van der Waals surface area contributed by atoms with Crippen molar-refractivity contribution in [2.45, 2.75) is 52.4 Å². The summed E-state index contributed by atoms with van der Waals surface area (Å²) in [4.78, 5) is 83.7. The molecule has 0 spiro atoms. The zero-order chi connectivity index (χ0) is 33.4. The molecule has 0 unspecified atom stereocenters. The minimum Gasteiger partial charge on any atom is -0.356 e. The molecule has 0 aromatic heterocycles. The van der Waals surface area contributed by atoms with Crippen LogP contribution in [0.25, 0.3) is 10.8 Å². The summed E-state index contributed by atoms with van der Waals surface area (Å²) in [5.74, 6) is -1.65. The molecule has 0 bridgehead atoms. The predicted octanol–water partition coefficient (Wildman–Crippen LogP) is 2.51. The van der Waals surface area contributed by atoms with Crippen LogP contribution in [0.3, 0.4) is 0 Å². The molecule has 248 valence electrons. The number of carbonyl (C=O) groups is 6. The average Bonchev–Trinajstić information content (AvgIpc) is 3.05. The fourth-order valence-electron chi connectivity index (χ4n) is 6.01. The first-order valence-electron chi connectivity index (χ1n) is 16.3. The number of nitrogens with one attached hydrogen (secondary N) is 2. The Morgan fingerprint density at radius 3 is 1.17 bits per heavy atom. The van der Waals surface area contributed by atoms with Crippen molar-refractivity contribution in [1.29, 1.82) is 0 Å². The van der Waals surface area contributed by atoms with Gasteiger partial charge in [-0.2, -0.15) is 0 Å². The Hall–Kier alpha value is -4.16. The number of amides is 6. The SMILES string of the molecule is CCC(=O)NCCCN(C)CCCN1C(=O)c2ccc3c4c(ccc(c24)C1=O)C(=O)N(CCCN(C)CCCNC(=O)CC)C3=O. The van der Waals surface area contributed by atoms with Crippen LogP contribution in [-0.2, 0) is 9.59 Å². The second-order valence-corrected chi connectivity index (χ2v) is 12.0. The third-order valence-corrected chi connectivity index (χ3v) is 8.63. The lowest BCUT2D eigenvalue weighted by Gasteiger charge is -2.32. The van der Waals surface area contributed by atoms with Gasteiger partial charge < -0.3 is 20.4 Å². The second kappa shape index (κ2) is 15.9. The Kier molecular flexibility index (Phi) is 12.0. The van der Waals surface area contributed by atoms with Crippen LogP contribution in [0.4, 0.5) is 0 Å². The Morgan fingerprint density at radius 1 is 0.565 bits per heavy atom. The van der Waals surface area contributed by atoms with E-state index in [0.29, 0.717) is 84.9 Å². The van der Waals surface area contributed by atoms with E-state index < -0.39 is 23.6 Å². The summed E-state index contributed by atoms with van der Waals surface area (Å²) >= 11 is 0. The normalized spacial score (nSPS) is 14.2. The van der Waals surface area contributed by atoms with Crippen LogP contribution in [0.5, 0.6) is 0 Å². The molecule has 0 saturated carbocycles. The summed E-state index contributed by atoms with van der Waals surface area (Å²) in [6.45, 7) is 8.21. The molecule has 4 rings (SSSR count). The highest BCUT2D eigenvalue weighted by atomic mass is 16.2. The summed E-state index contributed by atoms with van der Waals surface area (Å²) in [5.41, 5.74) is 1.28. The standard InChI is InChI=1S/C34H46N6O6/c1-5-27(41)35-15-7-17-37(3)19-9-21-39-31(43)23-11-13-25-30-26(14-12-24(29(23)30)32(39)44)34(46)40(33(25)45)22-10-20-38(4)18-8-16-36-28(42)6-2/h11-14H,5-10,15-22H2,1-4H3,(H,35,41)(H,36,42). The van der Waals surface area contributed by atoms with Gasteiger partial charge in [-0.05, 0) is 90.2 Å². The largest absolute Gasteiger partial charge is 0.356 e. The van der Waals surface area contributed by atoms with E-state index in [1.807, 2.05) is 27.9 Å². The lowest BCUT2D eigenvalue weighted by Crippen LogP contribution is -2.44. The molecule has 2 aromatic carbocycles. The summed E-state index contributed by atoms with van der Waals surface area (Å²) in [6.07, 6.45) is 3.69. The van der Waals surface area contributed by atoms with Crippen LogP contribution in [0.1, 0.15) is 93.8 Å². The molecule has 0 radical (unpaired) electrons. The third-order valence-electron chi connectivity index (χ3n) is 8.63. The maximum atomic E-state index is 13.5. The maximum absolute atomic E-state index is 13.5. The van der Waals surface area contributed by atoms with Crippen molar-refractivity contribution >= 4 is 46.2 Å². The number of imide groups is 2. The number of rotatable bonds is 18. The van der Waals surface area contributed by atoms with Gasteiger partial charge in [-0.25, -0.2) is 0 Å². The molecule has 0 aliphatic carbocycles. The smallest absolute Gasteiger partial charge is 0.261 e. The van der Waals surface area contributed by atoms with E-state index in [2.05, 4.69) is 20.4 Å². The van der Waals surface area contributed by atoms with Crippen molar-refractivity contribution in [3.8, 4) is 0 Å². The van der Waals surface area contributed by atoms with Crippen LogP contribution in [0.2, 0.25) is 0 Å². The fourth-order valence-corrected chi connectivity index (χ4v) is 6.01. The second-order valence-electron chi connectivity index (χ2n) is 12.0. The number of benzene rings is 2. The number of nitrogens with zero attached hydrogens (tertiary/aromatic N) is 4. The molecule has 12 heteroatoms. The van der Waals surface area contributed by atoms with E-state index in [9.17, 15) is 28.8 Å². The summed E-state index contributed by atoms with van der Waals surface area (Å²) < 4.78 is 0. The first-order valence-corrected chi connectivity index (χ1v) is 16.3. The highest BCUT2D eigenvalue weighted by molar-refractivity contribution is 6.33. The van der Waals surface area contributed by atoms with Crippen molar-refractivity contribution < 1.29 is 28.8 Å². The Labute approximate surface area is 270 Å². The van der Waals surface area contributed by atoms with Crippen molar-refractivity contribution in [1.82, 2.24) is 30.2 Å². The van der Waals surface area contributed by atoms with Gasteiger partial charge >= 0.3 is 0 Å². The number of hydrogen-bond donors (Lipinski definition) is 2. The molecule has 0 saturated heterocycles. The van der Waals surface area contributed by atoms with Crippen molar-refractivity contribution in [3.05, 3.63) is 46.5 Å². The van der Waals surface area contributed by atoms with Gasteiger partial charge in [0.1, 0.15) is 0 Å². The van der Waals surface area contributed by atoms with Gasteiger partial charge in [-0.3, -0.25) is 38.6 Å². The lowest BCUT2D eigenvalue weighted by atomic mass is 9.86. The van der Waals surface area contributed by atoms with E-state index in [0.717, 1.165) is 25.9 Å². The Balaban J connectivity index is 1.37. The maximum Gasteiger partial charge on any atom is 0.261 e. The summed E-state index contributed by atoms with van der Waals surface area (Å²) in [6, 6.07) is 6.39. The van der Waals surface area contributed by atoms with E-state index in [-0.39, 0.29) is 24.9 Å². The topological polar surface area (TPSA) is 139 Å². The van der Waals surface area contributed by atoms with E-state index in [1.54, 1.807) is 24.3 Å². The molecule has 0 atom stereocenters. The van der Waals surface area contributed by atoms with Crippen LogP contribution in [0, 0.1) is 0 Å². The first-order chi connectivity index (χ1) is 22.1. The Morgan fingerprint density at radius 2 is 0.870 bits per heavy atom. The molecule has 2 heterocycles. The third kappa shape index (κ3) is 7.79. The molecule has 2 aromatic rings. The average molecular weight is 635 g/mol. The van der Waals surface area contributed by atoms with E-state index in [4.69, 9.17) is 0 Å². The van der Waals surface area contributed by atoms with Gasteiger partial charge in [0.15, 0.2) is 0 Å². The Bertz CT molecular complexity index is 1330. The van der Waals surface area contributed by atoms with Crippen LogP contribution in [0.15, 0.2) is 24.3 Å². The molecular weight excluding hydrogens is 588 g/mol. The highest BCUT2D eigenvalue weighted by Crippen LogP contribution is 2.37. The molecule has 0 fully saturated rings. The van der Waals surface area contributed by atoms with Gasteiger partial charge in [0, 0.05) is 72.0 Å². The molecule has 6 amide bonds. The van der Waals surface area contributed by atoms with Gasteiger partial charge in [-0.1, -0.05) is 13.8 Å². The molecular formula is C34H46N6O6. The lowest BCUT2D eigenvalue weighted by molar-refractivity contribution is -0.121. The van der Waals surface area contributed by atoms with Gasteiger partial charge in [0.25, 0.3) is 23.6 Å². The van der Waals surface area contributed by atoms with Crippen LogP contribution in [-0.4, -0.2) is 121 Å². The molecule has 12 nitrogen and oxygen atoms in total. The minimum absolute atomic E-state index is 0.0265. The first kappa shape index (κ1) is 34.7. The molecule has 2 aliphatic heterocycles. The van der Waals surface area contributed by atoms with Crippen molar-refractivity contribution in [3.63, 3.8) is 0 Å².